The topological polar surface area (TPSA) is 15.7 Å². The van der Waals surface area contributed by atoms with Gasteiger partial charge < -0.3 is 14.5 Å². The third-order valence-electron chi connectivity index (χ3n) is 14.1. The summed E-state index contributed by atoms with van der Waals surface area (Å²) in [5.74, 6) is 2.90. The third kappa shape index (κ3) is 7.66. The Hall–Kier alpha value is -6.86. The van der Waals surface area contributed by atoms with Gasteiger partial charge in [-0.1, -0.05) is 180 Å². The maximum Gasteiger partial charge on any atom is 0.251 e. The first-order valence-electron chi connectivity index (χ1n) is 24.3. The number of fused-ring (bicyclic) bond motifs is 6. The summed E-state index contributed by atoms with van der Waals surface area (Å²) in [6, 6.07) is 71.8. The molecule has 12 rings (SSSR count). The molecular weight excluding hydrogens is 876 g/mol. The second-order valence-corrected chi connectivity index (χ2v) is 21.6. The van der Waals surface area contributed by atoms with Crippen molar-refractivity contribution in [2.75, 3.05) is 9.80 Å². The smallest absolute Gasteiger partial charge is 0.251 e. The minimum absolute atomic E-state index is 0.0454. The summed E-state index contributed by atoms with van der Waals surface area (Å²) in [5, 5.41) is 0. The Morgan fingerprint density at radius 2 is 0.725 bits per heavy atom. The Morgan fingerprint density at radius 3 is 1.07 bits per heavy atom. The molecule has 3 heterocycles. The third-order valence-corrected chi connectivity index (χ3v) is 16.4. The molecule has 0 saturated heterocycles. The lowest BCUT2D eigenvalue weighted by Crippen LogP contribution is -2.57. The highest BCUT2D eigenvalue weighted by Gasteiger charge is 2.37. The fraction of sp³-hybridized carbons (Fsp3) is 0.143. The Morgan fingerprint density at radius 1 is 0.377 bits per heavy atom. The fourth-order valence-corrected chi connectivity index (χ4v) is 12.7. The second kappa shape index (κ2) is 17.6. The van der Waals surface area contributed by atoms with Gasteiger partial charge in [-0.25, -0.2) is 0 Å². The number of nitrogens with zero attached hydrogens (tertiary/aromatic N) is 2. The van der Waals surface area contributed by atoms with Gasteiger partial charge in [0.05, 0.1) is 22.7 Å². The van der Waals surface area contributed by atoms with Crippen LogP contribution in [0.4, 0.5) is 34.1 Å². The number of anilines is 6. The van der Waals surface area contributed by atoms with E-state index in [2.05, 4.69) is 245 Å². The zero-order valence-electron chi connectivity index (χ0n) is 39.9. The molecule has 0 aliphatic carbocycles. The Bertz CT molecular complexity index is 3120. The summed E-state index contributed by atoms with van der Waals surface area (Å²) in [4.78, 5) is 9.85. The molecule has 0 saturated carbocycles. The molecule has 9 aromatic carbocycles. The second-order valence-electron chi connectivity index (χ2n) is 19.5. The van der Waals surface area contributed by atoms with Gasteiger partial charge in [-0.05, 0) is 153 Å². The van der Waals surface area contributed by atoms with Crippen molar-refractivity contribution < 1.29 is 4.74 Å². The van der Waals surface area contributed by atoms with Crippen molar-refractivity contribution >= 4 is 80.7 Å². The molecule has 0 radical (unpaired) electrons. The molecule has 69 heavy (non-hydrogen) atoms. The zero-order chi connectivity index (χ0) is 46.9. The van der Waals surface area contributed by atoms with Gasteiger partial charge in [-0.15, -0.1) is 0 Å². The molecule has 336 valence electrons. The van der Waals surface area contributed by atoms with Crippen molar-refractivity contribution in [1.29, 1.82) is 0 Å². The molecule has 0 bridgehead atoms. The molecular formula is C63H53BN2OS2. The molecule has 0 fully saturated rings. The number of para-hydroxylation sites is 4. The van der Waals surface area contributed by atoms with E-state index >= 15 is 0 Å². The first kappa shape index (κ1) is 43.4. The fourth-order valence-electron chi connectivity index (χ4n) is 10.6. The molecule has 0 aromatic heterocycles. The van der Waals surface area contributed by atoms with E-state index < -0.39 is 0 Å². The minimum Gasteiger partial charge on any atom is -0.458 e. The summed E-state index contributed by atoms with van der Waals surface area (Å²) in [5.41, 5.74) is 19.9. The van der Waals surface area contributed by atoms with Crippen LogP contribution in [0, 0.1) is 0 Å². The van der Waals surface area contributed by atoms with E-state index in [1.807, 2.05) is 23.5 Å². The van der Waals surface area contributed by atoms with Gasteiger partial charge in [0.15, 0.2) is 0 Å². The molecule has 3 aliphatic heterocycles. The highest BCUT2D eigenvalue weighted by atomic mass is 32.2. The van der Waals surface area contributed by atoms with Crippen LogP contribution in [0.25, 0.3) is 22.3 Å². The van der Waals surface area contributed by atoms with E-state index in [-0.39, 0.29) is 6.71 Å². The average Bonchev–Trinajstić information content (AvgIpc) is 3.38. The molecule has 3 nitrogen and oxygen atoms in total. The lowest BCUT2D eigenvalue weighted by molar-refractivity contribution is 0.487. The Kier molecular flexibility index (Phi) is 11.1. The first-order valence-corrected chi connectivity index (χ1v) is 26.0. The van der Waals surface area contributed by atoms with Crippen molar-refractivity contribution in [3.63, 3.8) is 0 Å². The molecule has 0 spiro atoms. The lowest BCUT2D eigenvalue weighted by Gasteiger charge is -2.33. The van der Waals surface area contributed by atoms with Crippen molar-refractivity contribution in [1.82, 2.24) is 0 Å². The number of benzene rings is 9. The molecule has 9 aromatic rings. The SMILES string of the molecule is CC(C)c1cc(C(C)C)c(B2c3cc(-c4ccc(N5c6ccccc6Sc6ccccc65)cc4)ccc3Oc3ccc(-c4ccc(N5c6ccccc6Sc6ccccc65)cc4)cc32)c(C(C)C)c1. The van der Waals surface area contributed by atoms with Crippen molar-refractivity contribution in [2.45, 2.75) is 78.9 Å². The average molecular weight is 929 g/mol. The van der Waals surface area contributed by atoms with Gasteiger partial charge in [0, 0.05) is 31.0 Å². The van der Waals surface area contributed by atoms with Crippen LogP contribution >= 0.6 is 23.5 Å². The van der Waals surface area contributed by atoms with Crippen LogP contribution in [0.15, 0.2) is 214 Å². The first-order chi connectivity index (χ1) is 33.7. The van der Waals surface area contributed by atoms with Crippen LogP contribution in [0.5, 0.6) is 11.5 Å². The van der Waals surface area contributed by atoms with Crippen LogP contribution in [-0.2, 0) is 0 Å². The van der Waals surface area contributed by atoms with Gasteiger partial charge in [-0.2, -0.15) is 0 Å². The molecule has 0 amide bonds. The van der Waals surface area contributed by atoms with Crippen molar-refractivity contribution in [3.05, 3.63) is 211 Å². The standard InChI is InChI=1S/C63H53BN2OS2/c1-39(2)46-35-49(40(3)4)63(50(36-46)41(5)6)64-51-37-44(42-23-29-47(30-24-42)65-53-15-7-11-19-59(53)68-60-20-12-8-16-54(60)65)27-33-57(51)67-58-34-28-45(38-52(58)64)43-25-31-48(32-26-43)66-55-17-9-13-21-61(55)69-62-22-14-10-18-56(62)66/h7-41H,1-6H3. The van der Waals surface area contributed by atoms with Gasteiger partial charge in [0.1, 0.15) is 11.5 Å². The van der Waals surface area contributed by atoms with Crippen LogP contribution in [0.1, 0.15) is 76.0 Å². The van der Waals surface area contributed by atoms with E-state index in [4.69, 9.17) is 4.74 Å². The van der Waals surface area contributed by atoms with Gasteiger partial charge in [0.2, 0.25) is 0 Å². The Labute approximate surface area is 416 Å². The maximum absolute atomic E-state index is 6.99. The number of hydrogen-bond acceptors (Lipinski definition) is 5. The molecule has 3 aliphatic rings. The minimum atomic E-state index is -0.0454. The van der Waals surface area contributed by atoms with Crippen LogP contribution < -0.4 is 30.9 Å². The van der Waals surface area contributed by atoms with Crippen molar-refractivity contribution in [3.8, 4) is 33.8 Å². The number of hydrogen-bond donors (Lipinski definition) is 0. The van der Waals surface area contributed by atoms with Crippen LogP contribution in [0.3, 0.4) is 0 Å². The summed E-state index contributed by atoms with van der Waals surface area (Å²) in [7, 11) is 0. The monoisotopic (exact) mass is 928 g/mol. The van der Waals surface area contributed by atoms with Gasteiger partial charge in [-0.3, -0.25) is 0 Å². The highest BCUT2D eigenvalue weighted by Crippen LogP contribution is 2.53. The predicted octanol–water partition coefficient (Wildman–Crippen LogP) is 16.9. The predicted molar refractivity (Wildman–Crippen MR) is 295 cm³/mol. The van der Waals surface area contributed by atoms with Gasteiger partial charge in [0.25, 0.3) is 6.71 Å². The Balaban J connectivity index is 0.971. The van der Waals surface area contributed by atoms with E-state index in [1.54, 1.807) is 0 Å². The summed E-state index contributed by atoms with van der Waals surface area (Å²) < 4.78 is 6.99. The van der Waals surface area contributed by atoms with E-state index in [0.717, 1.165) is 22.9 Å². The number of rotatable bonds is 8. The molecule has 0 N–H and O–H groups in total. The van der Waals surface area contributed by atoms with Crippen LogP contribution in [-0.4, -0.2) is 6.71 Å². The maximum atomic E-state index is 6.99. The zero-order valence-corrected chi connectivity index (χ0v) is 41.5. The molecule has 6 heteroatoms. The normalized spacial score (nSPS) is 13.4. The number of ether oxygens (including phenoxy) is 1. The largest absolute Gasteiger partial charge is 0.458 e. The molecule has 0 atom stereocenters. The quantitative estimate of drug-likeness (QED) is 0.141. The summed E-state index contributed by atoms with van der Waals surface area (Å²) >= 11 is 3.68. The van der Waals surface area contributed by atoms with E-state index in [0.29, 0.717) is 17.8 Å². The van der Waals surface area contributed by atoms with E-state index in [1.165, 1.54) is 97.7 Å². The summed E-state index contributed by atoms with van der Waals surface area (Å²) in [6.45, 7) is 14.0. The van der Waals surface area contributed by atoms with E-state index in [9.17, 15) is 0 Å². The van der Waals surface area contributed by atoms with Crippen LogP contribution in [0.2, 0.25) is 0 Å². The highest BCUT2D eigenvalue weighted by molar-refractivity contribution is 8.00. The summed E-state index contributed by atoms with van der Waals surface area (Å²) in [6.07, 6.45) is 0. The van der Waals surface area contributed by atoms with Gasteiger partial charge >= 0.3 is 0 Å². The molecule has 0 unspecified atom stereocenters. The lowest BCUT2D eigenvalue weighted by atomic mass is 9.33. The van der Waals surface area contributed by atoms with Crippen molar-refractivity contribution in [2.24, 2.45) is 0 Å².